The molecular formula is C25H30F3N7O. The highest BCUT2D eigenvalue weighted by molar-refractivity contribution is 5.84. The molecule has 0 saturated carbocycles. The third kappa shape index (κ3) is 4.46. The van der Waals surface area contributed by atoms with E-state index in [0.29, 0.717) is 48.0 Å². The Morgan fingerprint density at radius 3 is 2.47 bits per heavy atom. The molecule has 1 unspecified atom stereocenters. The largest absolute Gasteiger partial charge is 0.350 e. The number of alkyl halides is 2. The number of anilines is 1. The molecule has 11 heteroatoms. The zero-order chi connectivity index (χ0) is 26.3. The molecule has 1 aromatic carbocycles. The van der Waals surface area contributed by atoms with Crippen LogP contribution in [0.2, 0.25) is 0 Å². The molecule has 1 fully saturated rings. The molecule has 3 aromatic rings. The van der Waals surface area contributed by atoms with E-state index in [1.807, 2.05) is 37.2 Å². The second kappa shape index (κ2) is 9.93. The van der Waals surface area contributed by atoms with E-state index in [4.69, 9.17) is 4.98 Å². The van der Waals surface area contributed by atoms with Gasteiger partial charge in [-0.3, -0.25) is 9.47 Å². The highest BCUT2D eigenvalue weighted by Gasteiger charge is 2.35. The molecule has 36 heavy (non-hydrogen) atoms. The summed E-state index contributed by atoms with van der Waals surface area (Å²) < 4.78 is 43.9. The number of aryl methyl sites for hydroxylation is 2. The molecule has 0 spiro atoms. The van der Waals surface area contributed by atoms with E-state index >= 15 is 0 Å². The topological polar surface area (TPSA) is 83.0 Å². The summed E-state index contributed by atoms with van der Waals surface area (Å²) in [6.45, 7) is 9.42. The van der Waals surface area contributed by atoms with Crippen molar-refractivity contribution in [1.82, 2.24) is 24.0 Å². The van der Waals surface area contributed by atoms with Gasteiger partial charge in [-0.2, -0.15) is 10.2 Å². The average molecular weight is 502 g/mol. The number of fused-ring (bicyclic) bond motifs is 1. The van der Waals surface area contributed by atoms with Gasteiger partial charge in [0.1, 0.15) is 22.8 Å². The highest BCUT2D eigenvalue weighted by Crippen LogP contribution is 2.33. The molecule has 0 N–H and O–H groups in total. The van der Waals surface area contributed by atoms with E-state index in [0.717, 1.165) is 6.07 Å². The number of nitrogens with zero attached hydrogens (tertiary/aromatic N) is 7. The van der Waals surface area contributed by atoms with Crippen LogP contribution in [-0.2, 0) is 20.0 Å². The van der Waals surface area contributed by atoms with E-state index in [9.17, 15) is 23.2 Å². The van der Waals surface area contributed by atoms with E-state index < -0.39 is 17.9 Å². The van der Waals surface area contributed by atoms with Gasteiger partial charge in [0, 0.05) is 50.4 Å². The Balaban J connectivity index is 1.70. The van der Waals surface area contributed by atoms with Crippen LogP contribution in [0, 0.1) is 17.1 Å². The second-order valence-corrected chi connectivity index (χ2v) is 9.40. The standard InChI is InChI=1S/C25H30F3N7O/c1-6-33-20(7-8-29)30-21-23(31-25(36)32(5)24(21)33)35-13-14(2)34(12-15(35)3)16(4)17-9-18(22(27)28)11-19(26)10-17/h9-11,14-16,22H,6-7,12-13H2,1-5H3/t14-,15+,16?/m1/s1. The lowest BCUT2D eigenvalue weighted by Gasteiger charge is -2.47. The lowest BCUT2D eigenvalue weighted by molar-refractivity contribution is 0.118. The molecule has 1 saturated heterocycles. The van der Waals surface area contributed by atoms with Crippen molar-refractivity contribution in [2.24, 2.45) is 7.05 Å². The Kier molecular flexibility index (Phi) is 7.09. The molecule has 0 aliphatic carbocycles. The normalized spacial score (nSPS) is 19.7. The van der Waals surface area contributed by atoms with Crippen molar-refractivity contribution >= 4 is 17.0 Å². The van der Waals surface area contributed by atoms with Gasteiger partial charge in [0.05, 0.1) is 12.5 Å². The number of imidazole rings is 1. The number of nitriles is 1. The summed E-state index contributed by atoms with van der Waals surface area (Å²) in [7, 11) is 1.64. The maximum Gasteiger partial charge on any atom is 0.350 e. The van der Waals surface area contributed by atoms with Crippen LogP contribution in [0.4, 0.5) is 19.0 Å². The molecule has 0 bridgehead atoms. The SMILES string of the molecule is CCn1c(CC#N)nc2c(N3C[C@@H](C)N(C(C)c4cc(F)cc(C(F)F)c4)C[C@@H]3C)nc(=O)n(C)c21. The van der Waals surface area contributed by atoms with Gasteiger partial charge < -0.3 is 9.47 Å². The smallest absolute Gasteiger partial charge is 0.349 e. The van der Waals surface area contributed by atoms with Crippen molar-refractivity contribution in [2.45, 2.75) is 65.2 Å². The molecule has 2 aromatic heterocycles. The van der Waals surface area contributed by atoms with Crippen molar-refractivity contribution in [3.05, 3.63) is 51.5 Å². The first kappa shape index (κ1) is 25.7. The van der Waals surface area contributed by atoms with Crippen LogP contribution in [0.5, 0.6) is 0 Å². The fraction of sp³-hybridized carbons (Fsp3) is 0.520. The lowest BCUT2D eigenvalue weighted by Crippen LogP contribution is -2.57. The molecule has 4 rings (SSSR count). The van der Waals surface area contributed by atoms with Crippen molar-refractivity contribution in [3.63, 3.8) is 0 Å². The molecule has 0 radical (unpaired) electrons. The molecular weight excluding hydrogens is 471 g/mol. The van der Waals surface area contributed by atoms with E-state index in [-0.39, 0.29) is 30.1 Å². The van der Waals surface area contributed by atoms with Crippen molar-refractivity contribution in [2.75, 3.05) is 18.0 Å². The van der Waals surface area contributed by atoms with Crippen LogP contribution in [0.3, 0.4) is 0 Å². The van der Waals surface area contributed by atoms with Crippen LogP contribution in [0.1, 0.15) is 57.1 Å². The number of hydrogen-bond donors (Lipinski definition) is 0. The van der Waals surface area contributed by atoms with Gasteiger partial charge in [0.25, 0.3) is 6.43 Å². The number of piperazine rings is 1. The predicted octanol–water partition coefficient (Wildman–Crippen LogP) is 3.95. The Morgan fingerprint density at radius 1 is 1.14 bits per heavy atom. The first-order valence-electron chi connectivity index (χ1n) is 12.0. The Bertz CT molecular complexity index is 1380. The molecule has 1 aliphatic heterocycles. The van der Waals surface area contributed by atoms with Gasteiger partial charge >= 0.3 is 5.69 Å². The second-order valence-electron chi connectivity index (χ2n) is 9.40. The fourth-order valence-corrected chi connectivity index (χ4v) is 5.21. The summed E-state index contributed by atoms with van der Waals surface area (Å²) in [6, 6.07) is 5.22. The van der Waals surface area contributed by atoms with Gasteiger partial charge in [0.2, 0.25) is 0 Å². The van der Waals surface area contributed by atoms with Crippen molar-refractivity contribution < 1.29 is 13.2 Å². The minimum Gasteiger partial charge on any atom is -0.349 e. The number of benzene rings is 1. The Morgan fingerprint density at radius 2 is 1.83 bits per heavy atom. The molecule has 3 heterocycles. The van der Waals surface area contributed by atoms with Crippen molar-refractivity contribution in [3.8, 4) is 6.07 Å². The van der Waals surface area contributed by atoms with Crippen LogP contribution in [-0.4, -0.2) is 49.2 Å². The monoisotopic (exact) mass is 501 g/mol. The molecule has 192 valence electrons. The number of aromatic nitrogens is 4. The quantitative estimate of drug-likeness (QED) is 0.509. The summed E-state index contributed by atoms with van der Waals surface area (Å²) in [6.07, 6.45) is -2.63. The van der Waals surface area contributed by atoms with E-state index in [2.05, 4.69) is 16.0 Å². The summed E-state index contributed by atoms with van der Waals surface area (Å²) in [5.41, 5.74) is 0.937. The minimum absolute atomic E-state index is 0.0535. The molecule has 0 amide bonds. The summed E-state index contributed by atoms with van der Waals surface area (Å²) in [5.74, 6) is 0.366. The maximum atomic E-state index is 14.1. The van der Waals surface area contributed by atoms with Crippen LogP contribution in [0.25, 0.3) is 11.2 Å². The third-order valence-electron chi connectivity index (χ3n) is 7.07. The van der Waals surface area contributed by atoms with Gasteiger partial charge in [-0.1, -0.05) is 0 Å². The first-order valence-corrected chi connectivity index (χ1v) is 12.0. The Hall–Kier alpha value is -3.39. The van der Waals surface area contributed by atoms with Gasteiger partial charge in [-0.15, -0.1) is 0 Å². The van der Waals surface area contributed by atoms with E-state index in [1.165, 1.54) is 16.7 Å². The van der Waals surface area contributed by atoms with Gasteiger partial charge in [-0.05, 0) is 51.5 Å². The molecule has 8 nitrogen and oxygen atoms in total. The van der Waals surface area contributed by atoms with E-state index in [1.54, 1.807) is 7.05 Å². The number of rotatable bonds is 6. The predicted molar refractivity (Wildman–Crippen MR) is 131 cm³/mol. The summed E-state index contributed by atoms with van der Waals surface area (Å²) in [5, 5.41) is 9.25. The maximum absolute atomic E-state index is 14.1. The minimum atomic E-state index is -2.75. The van der Waals surface area contributed by atoms with Crippen LogP contribution in [0.15, 0.2) is 23.0 Å². The first-order chi connectivity index (χ1) is 17.1. The zero-order valence-corrected chi connectivity index (χ0v) is 21.0. The number of halogens is 3. The Labute approximate surface area is 207 Å². The van der Waals surface area contributed by atoms with Crippen molar-refractivity contribution in [1.29, 1.82) is 5.26 Å². The third-order valence-corrected chi connectivity index (χ3v) is 7.07. The highest BCUT2D eigenvalue weighted by atomic mass is 19.3. The van der Waals surface area contributed by atoms with Crippen LogP contribution < -0.4 is 10.6 Å². The molecule has 3 atom stereocenters. The van der Waals surface area contributed by atoms with Gasteiger partial charge in [-0.25, -0.2) is 22.9 Å². The lowest BCUT2D eigenvalue weighted by atomic mass is 9.99. The number of hydrogen-bond acceptors (Lipinski definition) is 6. The van der Waals surface area contributed by atoms with Crippen LogP contribution >= 0.6 is 0 Å². The summed E-state index contributed by atoms with van der Waals surface area (Å²) >= 11 is 0. The fourth-order valence-electron chi connectivity index (χ4n) is 5.21. The zero-order valence-electron chi connectivity index (χ0n) is 21.0. The molecule has 1 aliphatic rings. The summed E-state index contributed by atoms with van der Waals surface area (Å²) in [4.78, 5) is 26.0. The average Bonchev–Trinajstić information content (AvgIpc) is 3.20. The van der Waals surface area contributed by atoms with Gasteiger partial charge in [0.15, 0.2) is 5.82 Å².